The minimum Gasteiger partial charge on any atom is -0.497 e. The fourth-order valence-corrected chi connectivity index (χ4v) is 4.06. The largest absolute Gasteiger partial charge is 0.497 e. The van der Waals surface area contributed by atoms with E-state index in [0.717, 1.165) is 34.0 Å². The highest BCUT2D eigenvalue weighted by Crippen LogP contribution is 2.35. The zero-order chi connectivity index (χ0) is 22.0. The van der Waals surface area contributed by atoms with Crippen LogP contribution in [-0.4, -0.2) is 35.3 Å². The molecule has 0 saturated heterocycles. The molecule has 0 aliphatic carbocycles. The van der Waals surface area contributed by atoms with Gasteiger partial charge in [-0.15, -0.1) is 0 Å². The van der Waals surface area contributed by atoms with Gasteiger partial charge in [-0.1, -0.05) is 31.2 Å². The summed E-state index contributed by atoms with van der Waals surface area (Å²) in [6.07, 6.45) is 0.658. The minimum atomic E-state index is 0.0179. The predicted molar refractivity (Wildman–Crippen MR) is 121 cm³/mol. The number of anilines is 2. The molecule has 2 aromatic carbocycles. The van der Waals surface area contributed by atoms with Crippen LogP contribution in [0.2, 0.25) is 0 Å². The first-order valence-corrected chi connectivity index (χ1v) is 10.4. The molecule has 0 spiro atoms. The van der Waals surface area contributed by atoms with Crippen molar-refractivity contribution in [2.24, 2.45) is 0 Å². The molecule has 2 heterocycles. The first-order valence-electron chi connectivity index (χ1n) is 10.4. The highest BCUT2D eigenvalue weighted by atomic mass is 16.5. The lowest BCUT2D eigenvalue weighted by molar-refractivity contribution is 0.189. The average molecular weight is 421 g/mol. The Labute approximate surface area is 182 Å². The van der Waals surface area contributed by atoms with Gasteiger partial charge in [0, 0.05) is 17.8 Å². The number of ether oxygens (including phenoxy) is 2. The van der Waals surface area contributed by atoms with Gasteiger partial charge >= 0.3 is 0 Å². The molecular formula is C24H28N4O3. The Kier molecular flexibility index (Phi) is 5.95. The van der Waals surface area contributed by atoms with Crippen molar-refractivity contribution in [2.45, 2.75) is 33.5 Å². The van der Waals surface area contributed by atoms with E-state index < -0.39 is 0 Å². The van der Waals surface area contributed by atoms with Gasteiger partial charge in [-0.3, -0.25) is 19.2 Å². The Hall–Kier alpha value is -3.32. The molecule has 1 aliphatic heterocycles. The zero-order valence-corrected chi connectivity index (χ0v) is 18.5. The second kappa shape index (κ2) is 8.81. The summed E-state index contributed by atoms with van der Waals surface area (Å²) < 4.78 is 12.6. The van der Waals surface area contributed by atoms with Gasteiger partial charge in [0.25, 0.3) is 5.56 Å². The molecule has 7 heteroatoms. The van der Waals surface area contributed by atoms with Crippen LogP contribution in [0.4, 0.5) is 11.6 Å². The molecule has 4 rings (SSSR count). The van der Waals surface area contributed by atoms with Gasteiger partial charge in [0.05, 0.1) is 33.2 Å². The topological polar surface area (TPSA) is 59.8 Å². The first-order chi connectivity index (χ1) is 15.0. The molecule has 31 heavy (non-hydrogen) atoms. The van der Waals surface area contributed by atoms with Gasteiger partial charge < -0.3 is 9.47 Å². The summed E-state index contributed by atoms with van der Waals surface area (Å²) in [7, 11) is 3.32. The molecule has 0 unspecified atom stereocenters. The molecule has 1 aromatic heterocycles. The number of fused-ring (bicyclic) bond motifs is 1. The lowest BCUT2D eigenvalue weighted by Crippen LogP contribution is -2.47. The van der Waals surface area contributed by atoms with E-state index in [1.165, 1.54) is 0 Å². The summed E-state index contributed by atoms with van der Waals surface area (Å²) in [6, 6.07) is 15.8. The van der Waals surface area contributed by atoms with E-state index in [2.05, 4.69) is 21.9 Å². The number of aryl methyl sites for hydroxylation is 1. The third kappa shape index (κ3) is 4.01. The summed E-state index contributed by atoms with van der Waals surface area (Å²) in [5.41, 5.74) is 3.59. The second-order valence-corrected chi connectivity index (χ2v) is 7.62. The van der Waals surface area contributed by atoms with E-state index in [1.54, 1.807) is 18.8 Å². The quantitative estimate of drug-likeness (QED) is 0.606. The van der Waals surface area contributed by atoms with Crippen molar-refractivity contribution in [3.8, 4) is 11.5 Å². The van der Waals surface area contributed by atoms with E-state index in [0.29, 0.717) is 32.3 Å². The maximum atomic E-state index is 13.3. The Morgan fingerprint density at radius 3 is 2.42 bits per heavy atom. The molecule has 7 nitrogen and oxygen atoms in total. The fraction of sp³-hybridized carbons (Fsp3) is 0.333. The van der Waals surface area contributed by atoms with Crippen LogP contribution in [0.15, 0.2) is 53.3 Å². The van der Waals surface area contributed by atoms with Crippen LogP contribution in [-0.2, 0) is 19.6 Å². The predicted octanol–water partition coefficient (Wildman–Crippen LogP) is 3.70. The molecule has 0 N–H and O–H groups in total. The molecule has 3 aromatic rings. The average Bonchev–Trinajstić information content (AvgIpc) is 2.80. The normalized spacial score (nSPS) is 13.7. The van der Waals surface area contributed by atoms with E-state index >= 15 is 0 Å². The molecule has 0 fully saturated rings. The Morgan fingerprint density at radius 1 is 1.00 bits per heavy atom. The molecule has 162 valence electrons. The van der Waals surface area contributed by atoms with Gasteiger partial charge in [-0.2, -0.15) is 0 Å². The molecule has 0 atom stereocenters. The second-order valence-electron chi connectivity index (χ2n) is 7.62. The van der Waals surface area contributed by atoms with Crippen molar-refractivity contribution < 1.29 is 9.47 Å². The Morgan fingerprint density at radius 2 is 1.74 bits per heavy atom. The van der Waals surface area contributed by atoms with Crippen LogP contribution in [0.5, 0.6) is 11.5 Å². The van der Waals surface area contributed by atoms with Crippen molar-refractivity contribution >= 4 is 11.6 Å². The van der Waals surface area contributed by atoms with E-state index in [-0.39, 0.29) is 5.56 Å². The van der Waals surface area contributed by atoms with Crippen molar-refractivity contribution in [1.29, 1.82) is 0 Å². The molecular weight excluding hydrogens is 392 g/mol. The van der Waals surface area contributed by atoms with Gasteiger partial charge in [-0.25, -0.2) is 4.98 Å². The summed E-state index contributed by atoms with van der Waals surface area (Å²) in [6.45, 7) is 5.66. The number of hydrogen-bond acceptors (Lipinski definition) is 6. The van der Waals surface area contributed by atoms with E-state index in [1.807, 2.05) is 50.2 Å². The summed E-state index contributed by atoms with van der Waals surface area (Å²) in [5.74, 6) is 2.22. The van der Waals surface area contributed by atoms with E-state index in [9.17, 15) is 4.79 Å². The number of aromatic nitrogens is 2. The summed E-state index contributed by atoms with van der Waals surface area (Å²) in [5, 5.41) is 0. The van der Waals surface area contributed by atoms with Gasteiger partial charge in [0.1, 0.15) is 11.5 Å². The Balaban J connectivity index is 1.78. The van der Waals surface area contributed by atoms with Crippen molar-refractivity contribution in [1.82, 2.24) is 14.5 Å². The van der Waals surface area contributed by atoms with Crippen LogP contribution in [0.1, 0.15) is 23.7 Å². The number of hydrogen-bond donors (Lipinski definition) is 0. The molecule has 0 amide bonds. The highest BCUT2D eigenvalue weighted by molar-refractivity contribution is 5.66. The summed E-state index contributed by atoms with van der Waals surface area (Å²) >= 11 is 0. The number of rotatable bonds is 6. The summed E-state index contributed by atoms with van der Waals surface area (Å²) in [4.78, 5) is 22.4. The number of para-hydroxylation sites is 2. The Bertz CT molecular complexity index is 1120. The fourth-order valence-electron chi connectivity index (χ4n) is 4.06. The van der Waals surface area contributed by atoms with E-state index in [4.69, 9.17) is 14.5 Å². The van der Waals surface area contributed by atoms with Gasteiger partial charge in [0.15, 0.2) is 0 Å². The number of methoxy groups -OCH3 is 2. The SMILES string of the molecule is CCc1c(C)nc2n(c1=O)CN(Cc1ccc(OC)cc1)CN2c1ccccc1OC. The maximum absolute atomic E-state index is 13.3. The zero-order valence-electron chi connectivity index (χ0n) is 18.5. The van der Waals surface area contributed by atoms with Crippen LogP contribution >= 0.6 is 0 Å². The number of nitrogens with zero attached hydrogens (tertiary/aromatic N) is 4. The molecule has 0 radical (unpaired) electrons. The van der Waals surface area contributed by atoms with Crippen molar-refractivity contribution in [3.63, 3.8) is 0 Å². The lowest BCUT2D eigenvalue weighted by Gasteiger charge is -2.38. The minimum absolute atomic E-state index is 0.0179. The number of benzene rings is 2. The lowest BCUT2D eigenvalue weighted by atomic mass is 10.2. The van der Waals surface area contributed by atoms with Gasteiger partial charge in [0.2, 0.25) is 5.95 Å². The molecule has 0 bridgehead atoms. The van der Waals surface area contributed by atoms with Crippen LogP contribution in [0, 0.1) is 6.92 Å². The smallest absolute Gasteiger partial charge is 0.259 e. The third-order valence-electron chi connectivity index (χ3n) is 5.67. The maximum Gasteiger partial charge on any atom is 0.259 e. The molecule has 0 saturated carbocycles. The van der Waals surface area contributed by atoms with Gasteiger partial charge in [-0.05, 0) is 43.2 Å². The van der Waals surface area contributed by atoms with Crippen LogP contribution in [0.25, 0.3) is 0 Å². The van der Waals surface area contributed by atoms with Crippen molar-refractivity contribution in [3.05, 3.63) is 75.7 Å². The van der Waals surface area contributed by atoms with Crippen LogP contribution < -0.4 is 19.9 Å². The molecule has 1 aliphatic rings. The first kappa shape index (κ1) is 20.9. The monoisotopic (exact) mass is 420 g/mol. The standard InChI is InChI=1S/C24H28N4O3/c1-5-20-17(2)25-24-27(21-8-6-7-9-22(21)31-4)15-26(16-28(24)23(20)29)14-18-10-12-19(30-3)13-11-18/h6-13H,5,14-16H2,1-4H3. The highest BCUT2D eigenvalue weighted by Gasteiger charge is 2.29. The third-order valence-corrected chi connectivity index (χ3v) is 5.67. The van der Waals surface area contributed by atoms with Crippen LogP contribution in [0.3, 0.4) is 0 Å². The van der Waals surface area contributed by atoms with Crippen molar-refractivity contribution in [2.75, 3.05) is 25.8 Å².